The monoisotopic (exact) mass is 2370 g/mol. The molecule has 0 spiro atoms. The van der Waals surface area contributed by atoms with E-state index < -0.39 is 0 Å². The van der Waals surface area contributed by atoms with Gasteiger partial charge in [-0.15, -0.1) is 35.4 Å². The summed E-state index contributed by atoms with van der Waals surface area (Å²) in [5, 5.41) is 3.09. The molecule has 8 heteroatoms. The summed E-state index contributed by atoms with van der Waals surface area (Å²) in [7, 11) is 9.82. The number of benzene rings is 16. The van der Waals surface area contributed by atoms with Gasteiger partial charge in [-0.05, 0) is 189 Å². The third kappa shape index (κ3) is 34.9. The molecule has 0 saturated carbocycles. The molecule has 0 fully saturated rings. The van der Waals surface area contributed by atoms with E-state index in [0.717, 1.165) is 39.2 Å². The predicted molar refractivity (Wildman–Crippen MR) is 549 cm³/mol. The van der Waals surface area contributed by atoms with Gasteiger partial charge in [-0.1, -0.05) is 297 Å². The maximum atomic E-state index is 3.95. The van der Waals surface area contributed by atoms with Crippen LogP contribution in [0.5, 0.6) is 0 Å². The summed E-state index contributed by atoms with van der Waals surface area (Å²) in [5.41, 5.74) is 39.0. The van der Waals surface area contributed by atoms with Crippen molar-refractivity contribution in [3.63, 3.8) is 0 Å². The van der Waals surface area contributed by atoms with Crippen LogP contribution in [-0.2, 0) is 14.1 Å². The number of hydrogen-bond donors (Lipinski definition) is 1. The van der Waals surface area contributed by atoms with Crippen molar-refractivity contribution in [1.29, 1.82) is 0 Å². The number of nitrogens with zero attached hydrogens (tertiary/aromatic N) is 4. The van der Waals surface area contributed by atoms with Crippen LogP contribution in [0.2, 0.25) is 0 Å². The topological polar surface area (TPSA) is 36.2 Å². The molecule has 0 radical (unpaired) electrons. The molecule has 0 amide bonds. The zero-order chi connectivity index (χ0) is 90.8. The van der Waals surface area contributed by atoms with Gasteiger partial charge in [0.2, 0.25) is 0 Å². The van der Waals surface area contributed by atoms with Crippen LogP contribution in [0.15, 0.2) is 369 Å². The Bertz CT molecular complexity index is 6100. The van der Waals surface area contributed by atoms with E-state index in [0.29, 0.717) is 0 Å². The molecular formula is C122H123N5U3+2. The van der Waals surface area contributed by atoms with Crippen LogP contribution in [0.25, 0.3) is 91.0 Å². The van der Waals surface area contributed by atoms with E-state index >= 15 is 0 Å². The number of hydrogen-bond acceptors (Lipinski definition) is 2. The molecular weight excluding hydrogens is 2250 g/mol. The molecule has 1 N–H and O–H groups in total. The van der Waals surface area contributed by atoms with Crippen molar-refractivity contribution in [3.8, 4) is 55.6 Å². The second-order valence-electron chi connectivity index (χ2n) is 31.5. The van der Waals surface area contributed by atoms with Crippen LogP contribution in [0.4, 0.5) is 11.4 Å². The molecule has 16 aromatic carbocycles. The van der Waals surface area contributed by atoms with E-state index in [1.807, 2.05) is 147 Å². The third-order valence-electron chi connectivity index (χ3n) is 22.3. The maximum absolute atomic E-state index is 3.95. The second kappa shape index (κ2) is 57.7. The first-order valence-electron chi connectivity index (χ1n) is 43.4. The van der Waals surface area contributed by atoms with E-state index in [1.165, 1.54) is 139 Å². The molecule has 5 nitrogen and oxygen atoms in total. The van der Waals surface area contributed by atoms with E-state index in [2.05, 4.69) is 433 Å². The molecule has 646 valence electrons. The Hall–Kier alpha value is -11.2. The molecule has 0 unspecified atom stereocenters. The minimum Gasteiger partial charge on any atom is -0.388 e. The quantitative estimate of drug-likeness (QED) is 0.0563. The summed E-state index contributed by atoms with van der Waals surface area (Å²) < 4.78 is 6.31. The first-order chi connectivity index (χ1) is 61.5. The normalized spacial score (nSPS) is 10.3. The minimum atomic E-state index is 0. The average Bonchev–Trinajstić information content (AvgIpc) is 1.66. The number of aliphatic imine (C=N–C) groups is 1. The summed E-state index contributed by atoms with van der Waals surface area (Å²) in [6, 6.07) is 141. The van der Waals surface area contributed by atoms with Gasteiger partial charge in [0.25, 0.3) is 5.82 Å². The Morgan fingerprint density at radius 1 is 0.346 bits per heavy atom. The third-order valence-corrected chi connectivity index (χ3v) is 22.3. The molecule has 0 aliphatic rings. The standard InChI is InChI=1S/C21H18.C17H18.C15H16.C15H14.C13H12.C13H10.C10H13N2.C9H12N2.C9H10N.3U/c1-15-13-21(14-16(2)17(15)3)20-11-9-19(10-12-20)18-7-5-4-6-8-18;1-13-11-17(12-14(2)15(13)3)10-9-16-7-5-4-6-8-16;1-11-9-15(10-12(2)13(11)3)14-7-5-4-6-8-14;1-13-7-9-15(10-8-13)12-11-14-5-3-2-4-6-14;2*1-11-7-9-13(10-8-11)12-5-3-2-4-6-12;1-8-11(2)9-6-4-5-7-10(9)12(8)3;1-10-7-8-5-3-4-6-9(8)11-2;1-3-10(2)9-7-5-4-6-8-9;;;/h4-7,9,11-14H,1-3H3;4-12H,1-3H3;4-10H,1-3H3;2-12H,1H3;2-10H,1H3;2-5,7-9H,1H3;4-7H,1-3H3;3-7,11H,1-2H3;4-7H,1-2H3;;;/q-2;;;;;-2;+1;;-1;3*+2/b;10-9+;;12-11+;;;;;;;;. The SMILES string of the molecule is CN=Cc1ccccc1NC.C[C-]=[N+](C)c1[c-]cccc1.Cc1c[c-]c(-c2[c-]cccc2)cc1.Cc1cc(-c2c[c-]c(-c3[c-]cccc3)cc2)cc(C)c1C.Cc1cc(-c2ccccc2)cc(C)c1C.Cc1cc(/C=C/c2ccccc2)cc(C)c1C.Cc1ccc(-c2ccccc2)cc1.Cc1ccc(/C=C/c2ccccc2)cc1.Cc1n(C)c2ccccc2[n+]1C.[U+2].[U+2].[U+2]. The van der Waals surface area contributed by atoms with Crippen LogP contribution >= 0.6 is 0 Å². The van der Waals surface area contributed by atoms with Crippen LogP contribution in [0.1, 0.15) is 107 Å². The van der Waals surface area contributed by atoms with Crippen LogP contribution in [0.3, 0.4) is 0 Å². The summed E-state index contributed by atoms with van der Waals surface area (Å²) in [6.07, 6.45) is 13.4. The minimum absolute atomic E-state index is 0. The van der Waals surface area contributed by atoms with Crippen molar-refractivity contribution >= 4 is 59.1 Å². The number of aryl methyl sites for hydroxylation is 11. The molecule has 0 aliphatic carbocycles. The molecule has 17 rings (SSSR count). The van der Waals surface area contributed by atoms with Gasteiger partial charge in [-0.25, -0.2) is 37.5 Å². The van der Waals surface area contributed by atoms with Crippen LogP contribution in [0, 0.1) is 214 Å². The van der Waals surface area contributed by atoms with Gasteiger partial charge in [0.15, 0.2) is 11.0 Å². The smallest absolute Gasteiger partial charge is 0.388 e. The molecule has 0 atom stereocenters. The Morgan fingerprint density at radius 3 is 1.13 bits per heavy atom. The van der Waals surface area contributed by atoms with Crippen molar-refractivity contribution in [2.45, 2.75) is 96.9 Å². The van der Waals surface area contributed by atoms with Crippen molar-refractivity contribution in [2.24, 2.45) is 19.1 Å². The van der Waals surface area contributed by atoms with Crippen LogP contribution in [-0.4, -0.2) is 42.7 Å². The van der Waals surface area contributed by atoms with Gasteiger partial charge in [0.05, 0.1) is 14.1 Å². The second-order valence-corrected chi connectivity index (χ2v) is 31.5. The molecule has 0 saturated heterocycles. The van der Waals surface area contributed by atoms with Crippen molar-refractivity contribution in [2.75, 3.05) is 26.5 Å². The fourth-order valence-electron chi connectivity index (χ4n) is 13.6. The summed E-state index contributed by atoms with van der Waals surface area (Å²) in [6.45, 7) is 29.8. The van der Waals surface area contributed by atoms with Crippen LogP contribution < -0.4 is 9.88 Å². The first-order valence-corrected chi connectivity index (χ1v) is 43.4. The Labute approximate surface area is 850 Å². The van der Waals surface area contributed by atoms with E-state index in [1.54, 1.807) is 7.05 Å². The van der Waals surface area contributed by atoms with E-state index in [4.69, 9.17) is 0 Å². The fraction of sp³-hybridized carbons (Fsp3) is 0.156. The number of rotatable bonds is 12. The number of imidazole rings is 1. The molecule has 1 heterocycles. The van der Waals surface area contributed by atoms with Gasteiger partial charge in [0, 0.05) is 44.7 Å². The van der Waals surface area contributed by atoms with Gasteiger partial charge in [0.1, 0.15) is 7.05 Å². The van der Waals surface area contributed by atoms with Gasteiger partial charge >= 0.3 is 93.3 Å². The predicted octanol–water partition coefficient (Wildman–Crippen LogP) is 30.5. The van der Waals surface area contributed by atoms with Crippen molar-refractivity contribution < 1.29 is 102 Å². The van der Waals surface area contributed by atoms with Gasteiger partial charge < -0.3 is 9.89 Å². The molecule has 130 heavy (non-hydrogen) atoms. The number of para-hydroxylation sites is 4. The Balaban J connectivity index is 0.000000226. The Morgan fingerprint density at radius 2 is 0.708 bits per heavy atom. The number of anilines is 1. The largest absolute Gasteiger partial charge is 2.00 e. The van der Waals surface area contributed by atoms with Gasteiger partial charge in [-0.2, -0.15) is 109 Å². The fourth-order valence-corrected chi connectivity index (χ4v) is 13.6. The summed E-state index contributed by atoms with van der Waals surface area (Å²) in [4.78, 5) is 3.95. The zero-order valence-electron chi connectivity index (χ0n) is 79.3. The van der Waals surface area contributed by atoms with E-state index in [9.17, 15) is 0 Å². The molecule has 0 aliphatic heterocycles. The first kappa shape index (κ1) is 108. The average molecular weight is 2370 g/mol. The number of fused-ring (bicyclic) bond motifs is 1. The molecule has 1 aromatic heterocycles. The summed E-state index contributed by atoms with van der Waals surface area (Å²) in [5.74, 6) is 1.27. The molecule has 0 bridgehead atoms. The number of nitrogens with one attached hydrogen (secondary N) is 1. The maximum Gasteiger partial charge on any atom is 2.00 e. The van der Waals surface area contributed by atoms with Gasteiger partial charge in [-0.3, -0.25) is 4.99 Å². The molecule has 17 aromatic rings. The van der Waals surface area contributed by atoms with Crippen molar-refractivity contribution in [1.82, 2.24) is 4.57 Å². The summed E-state index contributed by atoms with van der Waals surface area (Å²) >= 11 is 0. The van der Waals surface area contributed by atoms with Crippen molar-refractivity contribution in [3.05, 3.63) is 495 Å². The Kier molecular flexibility index (Phi) is 47.8. The zero-order valence-corrected chi connectivity index (χ0v) is 91.8. The van der Waals surface area contributed by atoms with E-state index in [-0.39, 0.29) is 93.3 Å². The number of aromatic nitrogens is 2.